The Balaban J connectivity index is 1.81. The highest BCUT2D eigenvalue weighted by molar-refractivity contribution is 5.79. The average Bonchev–Trinajstić information content (AvgIpc) is 2.61. The highest BCUT2D eigenvalue weighted by Crippen LogP contribution is 2.11. The summed E-state index contributed by atoms with van der Waals surface area (Å²) >= 11 is 0. The summed E-state index contributed by atoms with van der Waals surface area (Å²) in [5.41, 5.74) is 0.697. The number of fused-ring (bicyclic) bond motifs is 1. The van der Waals surface area contributed by atoms with Crippen LogP contribution < -0.4 is 5.56 Å². The number of hydrogen-bond acceptors (Lipinski definition) is 3. The fraction of sp³-hybridized carbons (Fsp3) is 0.211. The summed E-state index contributed by atoms with van der Waals surface area (Å²) in [6, 6.07) is 13.2. The van der Waals surface area contributed by atoms with E-state index in [1.807, 2.05) is 6.92 Å². The molecule has 0 aliphatic carbocycles. The highest BCUT2D eigenvalue weighted by Gasteiger charge is 2.16. The van der Waals surface area contributed by atoms with Crippen LogP contribution in [0.15, 0.2) is 53.3 Å². The van der Waals surface area contributed by atoms with Crippen molar-refractivity contribution in [1.29, 1.82) is 0 Å². The number of benzene rings is 2. The largest absolute Gasteiger partial charge is 0.335 e. The van der Waals surface area contributed by atoms with Crippen LogP contribution in [0.1, 0.15) is 18.3 Å². The summed E-state index contributed by atoms with van der Waals surface area (Å²) in [5, 5.41) is 0.506. The minimum Gasteiger partial charge on any atom is -0.335 e. The molecule has 128 valence electrons. The second-order valence-corrected chi connectivity index (χ2v) is 5.71. The van der Waals surface area contributed by atoms with Crippen LogP contribution in [0.4, 0.5) is 4.39 Å². The lowest BCUT2D eigenvalue weighted by atomic mass is 10.1. The van der Waals surface area contributed by atoms with Crippen LogP contribution in [0, 0.1) is 5.82 Å². The summed E-state index contributed by atoms with van der Waals surface area (Å²) in [5.74, 6) is -0.208. The molecule has 3 aromatic rings. The number of likely N-dealkylation sites (N-methyl/N-ethyl adjacent to an activating group) is 1. The molecule has 5 nitrogen and oxygen atoms in total. The van der Waals surface area contributed by atoms with E-state index in [1.165, 1.54) is 6.07 Å². The monoisotopic (exact) mass is 339 g/mol. The first-order valence-corrected chi connectivity index (χ1v) is 8.07. The molecule has 0 saturated carbocycles. The molecule has 0 unspecified atom stereocenters. The predicted octanol–water partition coefficient (Wildman–Crippen LogP) is 2.65. The van der Waals surface area contributed by atoms with Crippen molar-refractivity contribution in [2.24, 2.45) is 0 Å². The molecule has 25 heavy (non-hydrogen) atoms. The predicted molar refractivity (Wildman–Crippen MR) is 93.6 cm³/mol. The fourth-order valence-corrected chi connectivity index (χ4v) is 2.68. The van der Waals surface area contributed by atoms with Gasteiger partial charge in [-0.2, -0.15) is 0 Å². The molecule has 1 N–H and O–H groups in total. The Morgan fingerprint density at radius 3 is 2.64 bits per heavy atom. The first-order valence-electron chi connectivity index (χ1n) is 8.07. The number of rotatable bonds is 5. The highest BCUT2D eigenvalue weighted by atomic mass is 19.1. The van der Waals surface area contributed by atoms with Gasteiger partial charge in [0, 0.05) is 6.54 Å². The Kier molecular flexibility index (Phi) is 4.88. The minimum atomic E-state index is -0.399. The molecular weight excluding hydrogens is 321 g/mol. The Bertz CT molecular complexity index is 968. The number of nitrogens with zero attached hydrogens (tertiary/aromatic N) is 2. The van der Waals surface area contributed by atoms with Gasteiger partial charge in [-0.05, 0) is 30.7 Å². The Morgan fingerprint density at radius 1 is 1.16 bits per heavy atom. The van der Waals surface area contributed by atoms with Crippen molar-refractivity contribution in [3.05, 3.63) is 76.1 Å². The van der Waals surface area contributed by atoms with E-state index >= 15 is 0 Å². The van der Waals surface area contributed by atoms with Gasteiger partial charge in [0.2, 0.25) is 5.91 Å². The first-order chi connectivity index (χ1) is 12.1. The third kappa shape index (κ3) is 3.74. The third-order valence-electron chi connectivity index (χ3n) is 4.04. The Hall–Kier alpha value is -3.02. The zero-order valence-electron chi connectivity index (χ0n) is 13.8. The molecule has 1 amide bonds. The van der Waals surface area contributed by atoms with E-state index in [-0.39, 0.29) is 24.4 Å². The molecule has 0 saturated heterocycles. The number of para-hydroxylation sites is 1. The second-order valence-electron chi connectivity index (χ2n) is 5.71. The van der Waals surface area contributed by atoms with Crippen LogP contribution in [0.2, 0.25) is 0 Å². The van der Waals surface area contributed by atoms with Crippen LogP contribution in [0.3, 0.4) is 0 Å². The van der Waals surface area contributed by atoms with Crippen molar-refractivity contribution in [2.45, 2.75) is 19.9 Å². The number of carbonyl (C=O) groups excluding carboxylic acids is 1. The first kappa shape index (κ1) is 16.8. The normalized spacial score (nSPS) is 10.8. The number of aromatic nitrogens is 2. The zero-order chi connectivity index (χ0) is 17.8. The van der Waals surface area contributed by atoms with Crippen molar-refractivity contribution < 1.29 is 9.18 Å². The molecule has 6 heteroatoms. The van der Waals surface area contributed by atoms with Gasteiger partial charge in [0.15, 0.2) is 0 Å². The van der Waals surface area contributed by atoms with Gasteiger partial charge in [0.1, 0.15) is 11.6 Å². The van der Waals surface area contributed by atoms with Gasteiger partial charge in [-0.1, -0.05) is 30.3 Å². The molecular formula is C19H18FN3O2. The number of nitrogens with one attached hydrogen (secondary N) is 1. The standard InChI is InChI=1S/C19H18FN3O2/c1-2-23(18(24)11-13-7-3-5-9-15(13)20)12-17-21-16-10-6-4-8-14(16)19(25)22-17/h3-10H,2,11-12H2,1H3,(H,21,22,25). The second kappa shape index (κ2) is 7.25. The van der Waals surface area contributed by atoms with Crippen LogP contribution in [-0.2, 0) is 17.8 Å². The SMILES string of the molecule is CCN(Cc1nc2ccccc2c(=O)[nH]1)C(=O)Cc1ccccc1F. The molecule has 1 aromatic heterocycles. The van der Waals surface area contributed by atoms with E-state index in [1.54, 1.807) is 47.4 Å². The van der Waals surface area contributed by atoms with Crippen LogP contribution in [0.25, 0.3) is 10.9 Å². The summed E-state index contributed by atoms with van der Waals surface area (Å²) < 4.78 is 13.7. The van der Waals surface area contributed by atoms with Crippen LogP contribution in [-0.4, -0.2) is 27.3 Å². The average molecular weight is 339 g/mol. The summed E-state index contributed by atoms with van der Waals surface area (Å²) in [6.45, 7) is 2.44. The third-order valence-corrected chi connectivity index (χ3v) is 4.04. The molecule has 0 radical (unpaired) electrons. The molecule has 3 rings (SSSR count). The van der Waals surface area contributed by atoms with Gasteiger partial charge in [-0.3, -0.25) is 9.59 Å². The molecule has 0 fully saturated rings. The van der Waals surface area contributed by atoms with E-state index in [9.17, 15) is 14.0 Å². The number of amides is 1. The topological polar surface area (TPSA) is 66.1 Å². The lowest BCUT2D eigenvalue weighted by Crippen LogP contribution is -2.33. The van der Waals surface area contributed by atoms with Gasteiger partial charge >= 0.3 is 0 Å². The fourth-order valence-electron chi connectivity index (χ4n) is 2.68. The summed E-state index contributed by atoms with van der Waals surface area (Å²) in [7, 11) is 0. The maximum absolute atomic E-state index is 13.7. The smallest absolute Gasteiger partial charge is 0.258 e. The molecule has 0 aliphatic heterocycles. The number of H-pyrrole nitrogens is 1. The molecule has 2 aromatic carbocycles. The van der Waals surface area contributed by atoms with Gasteiger partial charge in [-0.25, -0.2) is 9.37 Å². The van der Waals surface area contributed by atoms with Crippen LogP contribution >= 0.6 is 0 Å². The molecule has 0 bridgehead atoms. The summed E-state index contributed by atoms with van der Waals surface area (Å²) in [4.78, 5) is 33.3. The van der Waals surface area contributed by atoms with Crippen molar-refractivity contribution in [1.82, 2.24) is 14.9 Å². The summed E-state index contributed by atoms with van der Waals surface area (Å²) in [6.07, 6.45) is -0.0294. The molecule has 0 atom stereocenters. The van der Waals surface area contributed by atoms with Crippen molar-refractivity contribution in [3.8, 4) is 0 Å². The molecule has 1 heterocycles. The van der Waals surface area contributed by atoms with Crippen molar-refractivity contribution >= 4 is 16.8 Å². The lowest BCUT2D eigenvalue weighted by Gasteiger charge is -2.20. The number of carbonyl (C=O) groups is 1. The Labute approximate surface area is 144 Å². The number of hydrogen-bond donors (Lipinski definition) is 1. The zero-order valence-corrected chi connectivity index (χ0v) is 13.8. The van der Waals surface area contributed by atoms with E-state index in [0.29, 0.717) is 28.8 Å². The minimum absolute atomic E-state index is 0.0294. The molecule has 0 aliphatic rings. The van der Waals surface area contributed by atoms with Gasteiger partial charge in [0.05, 0.1) is 23.9 Å². The van der Waals surface area contributed by atoms with Crippen molar-refractivity contribution in [2.75, 3.05) is 6.54 Å². The van der Waals surface area contributed by atoms with Gasteiger partial charge in [0.25, 0.3) is 5.56 Å². The van der Waals surface area contributed by atoms with Gasteiger partial charge < -0.3 is 9.88 Å². The van der Waals surface area contributed by atoms with Crippen molar-refractivity contribution in [3.63, 3.8) is 0 Å². The maximum Gasteiger partial charge on any atom is 0.258 e. The quantitative estimate of drug-likeness (QED) is 0.777. The lowest BCUT2D eigenvalue weighted by molar-refractivity contribution is -0.131. The molecule has 0 spiro atoms. The van der Waals surface area contributed by atoms with Crippen LogP contribution in [0.5, 0.6) is 0 Å². The Morgan fingerprint density at radius 2 is 1.88 bits per heavy atom. The number of halogens is 1. The van der Waals surface area contributed by atoms with E-state index < -0.39 is 5.82 Å². The maximum atomic E-state index is 13.7. The van der Waals surface area contributed by atoms with Gasteiger partial charge in [-0.15, -0.1) is 0 Å². The number of aromatic amines is 1. The van der Waals surface area contributed by atoms with E-state index in [2.05, 4.69) is 9.97 Å². The van der Waals surface area contributed by atoms with E-state index in [4.69, 9.17) is 0 Å². The van der Waals surface area contributed by atoms with E-state index in [0.717, 1.165) is 0 Å².